The molecular weight excluding hydrogens is 533 g/mol. The number of aromatic nitrogens is 1. The molecule has 6 rings (SSSR count). The average molecular weight is 568 g/mol. The van der Waals surface area contributed by atoms with E-state index in [-0.39, 0.29) is 41.8 Å². The fraction of sp³-hybridized carbons (Fsp3) is 0.294. The molecule has 2 aliphatic rings. The Morgan fingerprint density at radius 3 is 2.48 bits per heavy atom. The van der Waals surface area contributed by atoms with Gasteiger partial charge in [0.15, 0.2) is 23.0 Å². The second kappa shape index (κ2) is 12.1. The normalized spacial score (nSPS) is 19.0. The maximum atomic E-state index is 15.4. The number of fused-ring (bicyclic) bond motifs is 5. The molecule has 0 unspecified atom stereocenters. The van der Waals surface area contributed by atoms with Crippen LogP contribution in [0.25, 0.3) is 0 Å². The minimum Gasteiger partial charge on any atom is -0.490 e. The van der Waals surface area contributed by atoms with Crippen LogP contribution in [0.4, 0.5) is 4.39 Å². The Balaban J connectivity index is 1.54. The molecule has 3 heterocycles. The van der Waals surface area contributed by atoms with Gasteiger partial charge in [0.05, 0.1) is 6.61 Å². The molecule has 0 N–H and O–H groups in total. The molecule has 42 heavy (non-hydrogen) atoms. The van der Waals surface area contributed by atoms with Crippen LogP contribution in [-0.2, 0) is 6.61 Å². The summed E-state index contributed by atoms with van der Waals surface area (Å²) in [4.78, 5) is 29.1. The van der Waals surface area contributed by atoms with Crippen molar-refractivity contribution in [3.05, 3.63) is 130 Å². The Hall–Kier alpha value is -4.59. The Kier molecular flexibility index (Phi) is 7.95. The highest BCUT2D eigenvalue weighted by molar-refractivity contribution is 5.96. The van der Waals surface area contributed by atoms with Crippen molar-refractivity contribution in [3.8, 4) is 11.5 Å². The van der Waals surface area contributed by atoms with Crippen LogP contribution in [0, 0.1) is 11.7 Å². The Labute approximate surface area is 244 Å². The summed E-state index contributed by atoms with van der Waals surface area (Å²) >= 11 is 0. The predicted octanol–water partition coefficient (Wildman–Crippen LogP) is 5.91. The maximum Gasteiger partial charge on any atom is 0.277 e. The third-order valence-electron chi connectivity index (χ3n) is 8.03. The summed E-state index contributed by atoms with van der Waals surface area (Å²) in [5.41, 5.74) is 2.20. The lowest BCUT2D eigenvalue weighted by molar-refractivity contribution is 0.0671. The zero-order valence-corrected chi connectivity index (χ0v) is 23.6. The van der Waals surface area contributed by atoms with Crippen LogP contribution in [0.5, 0.6) is 11.5 Å². The number of carbonyl (C=O) groups excluding carboxylic acids is 1. The number of hydrogen-bond donors (Lipinski definition) is 0. The second-order valence-corrected chi connectivity index (χ2v) is 11.0. The number of rotatable bonds is 4. The van der Waals surface area contributed by atoms with Gasteiger partial charge >= 0.3 is 0 Å². The fourth-order valence-corrected chi connectivity index (χ4v) is 5.80. The van der Waals surface area contributed by atoms with E-state index >= 15 is 4.39 Å². The first-order chi connectivity index (χ1) is 20.5. The third-order valence-corrected chi connectivity index (χ3v) is 8.03. The van der Waals surface area contributed by atoms with Gasteiger partial charge in [-0.1, -0.05) is 79.7 Å². The maximum absolute atomic E-state index is 15.4. The van der Waals surface area contributed by atoms with Gasteiger partial charge in [-0.15, -0.1) is 0 Å². The molecule has 0 saturated carbocycles. The van der Waals surface area contributed by atoms with Crippen LogP contribution >= 0.6 is 0 Å². The van der Waals surface area contributed by atoms with Gasteiger partial charge in [-0.05, 0) is 42.4 Å². The summed E-state index contributed by atoms with van der Waals surface area (Å²) in [6.07, 6.45) is 4.05. The zero-order chi connectivity index (χ0) is 29.1. The number of benzene rings is 3. The van der Waals surface area contributed by atoms with E-state index < -0.39 is 11.9 Å². The lowest BCUT2D eigenvalue weighted by Gasteiger charge is -2.44. The molecule has 0 fully saturated rings. The first kappa shape index (κ1) is 27.6. The van der Waals surface area contributed by atoms with Crippen molar-refractivity contribution in [2.75, 3.05) is 24.8 Å². The van der Waals surface area contributed by atoms with Gasteiger partial charge < -0.3 is 14.4 Å². The summed E-state index contributed by atoms with van der Waals surface area (Å²) in [6, 6.07) is 25.1. The highest BCUT2D eigenvalue weighted by Crippen LogP contribution is 2.38. The highest BCUT2D eigenvalue weighted by atomic mass is 19.1. The minimum absolute atomic E-state index is 0.00117. The SMILES string of the molecule is C[C@H]1CCCN2CN([C@H](c3ccccc3)c3cccc(F)c3OCC1)n1ccc(=O)c(OCc3ccccc3)c1C2=O. The van der Waals surface area contributed by atoms with Crippen molar-refractivity contribution in [1.82, 2.24) is 9.58 Å². The van der Waals surface area contributed by atoms with E-state index in [9.17, 15) is 9.59 Å². The van der Waals surface area contributed by atoms with Crippen molar-refractivity contribution in [3.63, 3.8) is 0 Å². The largest absolute Gasteiger partial charge is 0.490 e. The van der Waals surface area contributed by atoms with Gasteiger partial charge in [-0.2, -0.15) is 0 Å². The molecule has 0 radical (unpaired) electrons. The first-order valence-corrected chi connectivity index (χ1v) is 14.5. The molecule has 0 spiro atoms. The molecule has 1 aromatic heterocycles. The van der Waals surface area contributed by atoms with Crippen LogP contribution in [0.3, 0.4) is 0 Å². The average Bonchev–Trinajstić information content (AvgIpc) is 3.01. The van der Waals surface area contributed by atoms with Crippen molar-refractivity contribution in [1.29, 1.82) is 0 Å². The predicted molar refractivity (Wildman–Crippen MR) is 159 cm³/mol. The van der Waals surface area contributed by atoms with Gasteiger partial charge in [0, 0.05) is 24.4 Å². The number of hydrogen-bond acceptors (Lipinski definition) is 5. The van der Waals surface area contributed by atoms with Crippen LogP contribution in [0.2, 0.25) is 0 Å². The Morgan fingerprint density at radius 2 is 1.69 bits per heavy atom. The number of nitrogens with zero attached hydrogens (tertiary/aromatic N) is 3. The van der Waals surface area contributed by atoms with Gasteiger partial charge in [0.1, 0.15) is 19.3 Å². The van der Waals surface area contributed by atoms with Gasteiger partial charge in [-0.25, -0.2) is 4.39 Å². The topological polar surface area (TPSA) is 64.0 Å². The number of pyridine rings is 1. The lowest BCUT2D eigenvalue weighted by Crippen LogP contribution is -2.55. The summed E-state index contributed by atoms with van der Waals surface area (Å²) in [5, 5.41) is 1.99. The summed E-state index contributed by atoms with van der Waals surface area (Å²) < 4.78 is 29.4. The number of halogens is 1. The number of para-hydroxylation sites is 1. The van der Waals surface area contributed by atoms with E-state index in [0.717, 1.165) is 30.4 Å². The van der Waals surface area contributed by atoms with Crippen molar-refractivity contribution in [2.24, 2.45) is 5.92 Å². The molecule has 2 aliphatic heterocycles. The van der Waals surface area contributed by atoms with Crippen LogP contribution < -0.4 is 19.9 Å². The molecule has 0 saturated heterocycles. The van der Waals surface area contributed by atoms with Gasteiger partial charge in [-0.3, -0.25) is 19.3 Å². The smallest absolute Gasteiger partial charge is 0.277 e. The molecule has 2 atom stereocenters. The Morgan fingerprint density at radius 1 is 0.929 bits per heavy atom. The van der Waals surface area contributed by atoms with E-state index in [2.05, 4.69) is 6.92 Å². The standard InChI is InChI=1S/C34H34FN3O4/c1-24-10-9-19-36-23-38(30(26-13-6-3-7-14-26)27-15-8-16-28(35)32(27)41-21-18-24)37-20-17-29(39)33(31(37)34(36)40)42-22-25-11-4-2-5-12-25/h2-8,11-17,20,24,30H,9-10,18-19,21-23H2,1H3/t24-,30+/m0/s1. The molecule has 4 aromatic rings. The molecule has 8 heteroatoms. The molecule has 3 aromatic carbocycles. The number of carbonyl (C=O) groups is 1. The molecule has 216 valence electrons. The van der Waals surface area contributed by atoms with E-state index in [0.29, 0.717) is 24.6 Å². The van der Waals surface area contributed by atoms with Gasteiger partial charge in [0.2, 0.25) is 5.43 Å². The summed E-state index contributed by atoms with van der Waals surface area (Å²) in [5.74, 6) is -0.169. The van der Waals surface area contributed by atoms with Crippen LogP contribution in [-0.4, -0.2) is 35.3 Å². The van der Waals surface area contributed by atoms with E-state index in [4.69, 9.17) is 9.47 Å². The number of ether oxygens (including phenoxy) is 2. The van der Waals surface area contributed by atoms with E-state index in [1.54, 1.807) is 21.8 Å². The number of amides is 1. The molecular formula is C34H34FN3O4. The Bertz CT molecular complexity index is 1610. The van der Waals surface area contributed by atoms with Crippen LogP contribution in [0.1, 0.15) is 59.4 Å². The minimum atomic E-state index is -0.533. The monoisotopic (exact) mass is 567 g/mol. The first-order valence-electron chi connectivity index (χ1n) is 14.5. The zero-order valence-electron chi connectivity index (χ0n) is 23.6. The fourth-order valence-electron chi connectivity index (χ4n) is 5.80. The molecule has 2 bridgehead atoms. The lowest BCUT2D eigenvalue weighted by atomic mass is 9.96. The molecule has 0 aliphatic carbocycles. The second-order valence-electron chi connectivity index (χ2n) is 11.0. The summed E-state index contributed by atoms with van der Waals surface area (Å²) in [6.45, 7) is 3.42. The van der Waals surface area contributed by atoms with Crippen molar-refractivity contribution >= 4 is 5.91 Å². The van der Waals surface area contributed by atoms with Crippen molar-refractivity contribution in [2.45, 2.75) is 38.8 Å². The van der Waals surface area contributed by atoms with E-state index in [1.165, 1.54) is 12.1 Å². The quantitative estimate of drug-likeness (QED) is 0.307. The summed E-state index contributed by atoms with van der Waals surface area (Å²) in [7, 11) is 0. The van der Waals surface area contributed by atoms with Crippen molar-refractivity contribution < 1.29 is 18.7 Å². The molecule has 7 nitrogen and oxygen atoms in total. The highest BCUT2D eigenvalue weighted by Gasteiger charge is 2.38. The molecule has 1 amide bonds. The van der Waals surface area contributed by atoms with Crippen LogP contribution in [0.15, 0.2) is 95.9 Å². The third kappa shape index (κ3) is 5.49. The van der Waals surface area contributed by atoms with Gasteiger partial charge in [0.25, 0.3) is 5.91 Å². The van der Waals surface area contributed by atoms with E-state index in [1.807, 2.05) is 71.7 Å².